The maximum Gasteiger partial charge on any atom is 0.305 e. The van der Waals surface area contributed by atoms with Crippen LogP contribution in [0.3, 0.4) is 0 Å². The van der Waals surface area contributed by atoms with Gasteiger partial charge in [0.2, 0.25) is 5.91 Å². The zero-order chi connectivity index (χ0) is 41.5. The Kier molecular flexibility index (Phi) is 44.7. The molecule has 0 bridgehead atoms. The normalized spacial score (nSPS) is 13.1. The number of unbranched alkanes of at least 4 members (excludes halogenated alkanes) is 27. The molecular formula is C51H93NO5. The highest BCUT2D eigenvalue weighted by molar-refractivity contribution is 5.76. The maximum atomic E-state index is 12.3. The molecule has 0 fully saturated rings. The summed E-state index contributed by atoms with van der Waals surface area (Å²) in [7, 11) is 0. The topological polar surface area (TPSA) is 95.9 Å². The number of amides is 1. The molecule has 0 aromatic carbocycles. The van der Waals surface area contributed by atoms with E-state index in [0.29, 0.717) is 19.4 Å². The zero-order valence-electron chi connectivity index (χ0n) is 37.6. The van der Waals surface area contributed by atoms with Gasteiger partial charge in [0.1, 0.15) is 0 Å². The second-order valence-electron chi connectivity index (χ2n) is 16.4. The second-order valence-corrected chi connectivity index (χ2v) is 16.4. The molecule has 1 amide bonds. The van der Waals surface area contributed by atoms with E-state index < -0.39 is 12.1 Å². The van der Waals surface area contributed by atoms with Gasteiger partial charge in [-0.25, -0.2) is 0 Å². The highest BCUT2D eigenvalue weighted by atomic mass is 16.5. The molecule has 2 atom stereocenters. The SMILES string of the molecule is CCCCC/C=C\C/C=C\CCCCCCCC(=O)OCCCCCCCCC/C=C\CCCCCCCC(=O)NC(CO)C(O)/C=C/CCCCCCCCC. The molecule has 0 aliphatic carbocycles. The van der Waals surface area contributed by atoms with Crippen molar-refractivity contribution in [1.82, 2.24) is 5.32 Å². The van der Waals surface area contributed by atoms with Crippen molar-refractivity contribution in [2.24, 2.45) is 0 Å². The lowest BCUT2D eigenvalue weighted by atomic mass is 10.1. The van der Waals surface area contributed by atoms with Crippen molar-refractivity contribution in [3.05, 3.63) is 48.6 Å². The molecule has 0 saturated heterocycles. The van der Waals surface area contributed by atoms with E-state index >= 15 is 0 Å². The highest BCUT2D eigenvalue weighted by Crippen LogP contribution is 2.13. The Labute approximate surface area is 353 Å². The summed E-state index contributed by atoms with van der Waals surface area (Å²) in [6.07, 6.45) is 56.8. The molecule has 0 saturated carbocycles. The van der Waals surface area contributed by atoms with Gasteiger partial charge >= 0.3 is 5.97 Å². The first-order chi connectivity index (χ1) is 28.0. The molecule has 0 aromatic rings. The zero-order valence-corrected chi connectivity index (χ0v) is 37.6. The molecule has 6 nitrogen and oxygen atoms in total. The number of ether oxygens (including phenoxy) is 1. The predicted octanol–water partition coefficient (Wildman–Crippen LogP) is 14.3. The number of hydrogen-bond donors (Lipinski definition) is 3. The van der Waals surface area contributed by atoms with Crippen LogP contribution in [0.25, 0.3) is 0 Å². The van der Waals surface area contributed by atoms with Crippen LogP contribution < -0.4 is 5.32 Å². The third-order valence-corrected chi connectivity index (χ3v) is 10.8. The monoisotopic (exact) mass is 800 g/mol. The van der Waals surface area contributed by atoms with Crippen molar-refractivity contribution < 1.29 is 24.5 Å². The molecule has 0 aromatic heterocycles. The standard InChI is InChI=1S/C51H93NO5/c1-3-5-7-9-11-13-14-15-18-22-25-29-33-37-41-45-51(56)57-46-42-38-34-30-26-23-20-17-16-19-21-24-28-32-36-40-44-50(55)52-48(47-53)49(54)43-39-35-31-27-12-10-8-6-4-2/h11,13,15-16,18-19,39,43,48-49,53-54H,3-10,12,14,17,20-38,40-42,44-47H2,1-2H3,(H,52,55)/b13-11-,18-15-,19-16-,43-39+. The highest BCUT2D eigenvalue weighted by Gasteiger charge is 2.18. The van der Waals surface area contributed by atoms with E-state index in [-0.39, 0.29) is 18.5 Å². The molecule has 2 unspecified atom stereocenters. The molecular weight excluding hydrogens is 707 g/mol. The summed E-state index contributed by atoms with van der Waals surface area (Å²) < 4.78 is 5.45. The van der Waals surface area contributed by atoms with Gasteiger partial charge in [-0.15, -0.1) is 0 Å². The van der Waals surface area contributed by atoms with Gasteiger partial charge in [0.05, 0.1) is 25.4 Å². The van der Waals surface area contributed by atoms with E-state index in [9.17, 15) is 19.8 Å². The summed E-state index contributed by atoms with van der Waals surface area (Å²) >= 11 is 0. The fraction of sp³-hybridized carbons (Fsp3) is 0.804. The molecule has 6 heteroatoms. The van der Waals surface area contributed by atoms with Crippen LogP contribution in [0.2, 0.25) is 0 Å². The van der Waals surface area contributed by atoms with Crippen LogP contribution >= 0.6 is 0 Å². The van der Waals surface area contributed by atoms with Crippen LogP contribution in [0.4, 0.5) is 0 Å². The Balaban J connectivity index is 3.49. The van der Waals surface area contributed by atoms with Crippen LogP contribution in [0.15, 0.2) is 48.6 Å². The van der Waals surface area contributed by atoms with Crippen LogP contribution in [-0.4, -0.2) is 47.4 Å². The summed E-state index contributed by atoms with van der Waals surface area (Å²) in [5, 5.41) is 22.9. The Morgan fingerprint density at radius 1 is 0.491 bits per heavy atom. The lowest BCUT2D eigenvalue weighted by Gasteiger charge is -2.20. The lowest BCUT2D eigenvalue weighted by molar-refractivity contribution is -0.143. The van der Waals surface area contributed by atoms with E-state index in [1.54, 1.807) is 6.08 Å². The van der Waals surface area contributed by atoms with Crippen molar-refractivity contribution >= 4 is 11.9 Å². The average molecular weight is 800 g/mol. The van der Waals surface area contributed by atoms with Crippen molar-refractivity contribution in [1.29, 1.82) is 0 Å². The van der Waals surface area contributed by atoms with Crippen LogP contribution in [0.1, 0.15) is 239 Å². The first kappa shape index (κ1) is 54.8. The maximum absolute atomic E-state index is 12.3. The fourth-order valence-electron chi connectivity index (χ4n) is 7.01. The van der Waals surface area contributed by atoms with Gasteiger partial charge in [0.15, 0.2) is 0 Å². The number of aliphatic hydroxyl groups excluding tert-OH is 2. The number of hydrogen-bond acceptors (Lipinski definition) is 5. The van der Waals surface area contributed by atoms with Crippen molar-refractivity contribution in [2.75, 3.05) is 13.2 Å². The summed E-state index contributed by atoms with van der Waals surface area (Å²) in [6.45, 7) is 4.80. The van der Waals surface area contributed by atoms with Gasteiger partial charge in [0, 0.05) is 12.8 Å². The van der Waals surface area contributed by atoms with E-state index in [2.05, 4.69) is 55.6 Å². The molecule has 0 aliphatic rings. The molecule has 3 N–H and O–H groups in total. The van der Waals surface area contributed by atoms with Crippen molar-refractivity contribution in [3.8, 4) is 0 Å². The van der Waals surface area contributed by atoms with E-state index in [1.807, 2.05) is 6.08 Å². The summed E-state index contributed by atoms with van der Waals surface area (Å²) in [5.74, 6) is -0.110. The number of carbonyl (C=O) groups is 2. The summed E-state index contributed by atoms with van der Waals surface area (Å²) in [5.41, 5.74) is 0. The molecule has 57 heavy (non-hydrogen) atoms. The van der Waals surface area contributed by atoms with Gasteiger partial charge in [0.25, 0.3) is 0 Å². The van der Waals surface area contributed by atoms with E-state index in [1.165, 1.54) is 135 Å². The number of allylic oxidation sites excluding steroid dienone is 7. The number of rotatable bonds is 44. The predicted molar refractivity (Wildman–Crippen MR) is 245 cm³/mol. The van der Waals surface area contributed by atoms with Gasteiger partial charge in [-0.1, -0.05) is 184 Å². The van der Waals surface area contributed by atoms with Crippen LogP contribution in [0.5, 0.6) is 0 Å². The first-order valence-electron chi connectivity index (χ1n) is 24.4. The molecule has 0 aliphatic heterocycles. The minimum absolute atomic E-state index is 0.0194. The van der Waals surface area contributed by atoms with E-state index in [4.69, 9.17) is 4.74 Å². The minimum Gasteiger partial charge on any atom is -0.466 e. The van der Waals surface area contributed by atoms with Gasteiger partial charge in [-0.2, -0.15) is 0 Å². The minimum atomic E-state index is -0.853. The molecule has 0 heterocycles. The lowest BCUT2D eigenvalue weighted by Crippen LogP contribution is -2.45. The van der Waals surface area contributed by atoms with Gasteiger partial charge in [-0.05, 0) is 89.9 Å². The molecule has 0 spiro atoms. The van der Waals surface area contributed by atoms with E-state index in [0.717, 1.165) is 77.0 Å². The smallest absolute Gasteiger partial charge is 0.305 e. The summed E-state index contributed by atoms with van der Waals surface area (Å²) in [6, 6.07) is -0.639. The molecule has 0 rings (SSSR count). The quantitative estimate of drug-likeness (QED) is 0.0324. The first-order valence-corrected chi connectivity index (χ1v) is 24.4. The van der Waals surface area contributed by atoms with Gasteiger partial charge in [-0.3, -0.25) is 9.59 Å². The number of esters is 1. The molecule has 332 valence electrons. The van der Waals surface area contributed by atoms with Gasteiger partial charge < -0.3 is 20.3 Å². The van der Waals surface area contributed by atoms with Crippen molar-refractivity contribution in [2.45, 2.75) is 251 Å². The fourth-order valence-corrected chi connectivity index (χ4v) is 7.01. The Hall–Kier alpha value is -2.18. The van der Waals surface area contributed by atoms with Crippen LogP contribution in [-0.2, 0) is 14.3 Å². The van der Waals surface area contributed by atoms with Crippen molar-refractivity contribution in [3.63, 3.8) is 0 Å². The third kappa shape index (κ3) is 43.2. The summed E-state index contributed by atoms with van der Waals surface area (Å²) in [4.78, 5) is 24.4. The number of nitrogens with one attached hydrogen (secondary N) is 1. The Morgan fingerprint density at radius 3 is 1.39 bits per heavy atom. The Bertz CT molecular complexity index is 973. The largest absolute Gasteiger partial charge is 0.466 e. The van der Waals surface area contributed by atoms with Crippen LogP contribution in [0, 0.1) is 0 Å². The third-order valence-electron chi connectivity index (χ3n) is 10.8. The average Bonchev–Trinajstić information content (AvgIpc) is 3.21. The Morgan fingerprint density at radius 2 is 0.877 bits per heavy atom. The second kappa shape index (κ2) is 46.5. The number of aliphatic hydroxyl groups is 2. The number of carbonyl (C=O) groups excluding carboxylic acids is 2. The molecule has 0 radical (unpaired) electrons.